The number of aliphatic hydroxyl groups is 2. The Labute approximate surface area is 450 Å². The van der Waals surface area contributed by atoms with Crippen molar-refractivity contribution >= 4 is 11.9 Å². The molecule has 426 valence electrons. The summed E-state index contributed by atoms with van der Waals surface area (Å²) in [6, 6.07) is -0.625. The van der Waals surface area contributed by atoms with Crippen molar-refractivity contribution in [3.8, 4) is 0 Å². The predicted molar refractivity (Wildman–Crippen MR) is 315 cm³/mol. The van der Waals surface area contributed by atoms with E-state index in [0.717, 1.165) is 44.9 Å². The van der Waals surface area contributed by atoms with E-state index in [1.165, 1.54) is 289 Å². The average molecular weight is 1010 g/mol. The fourth-order valence-electron chi connectivity index (χ4n) is 10.2. The molecule has 0 aliphatic carbocycles. The molecule has 2 unspecified atom stereocenters. The van der Waals surface area contributed by atoms with Crippen molar-refractivity contribution in [2.45, 2.75) is 373 Å². The van der Waals surface area contributed by atoms with Gasteiger partial charge in [0.05, 0.1) is 25.4 Å². The van der Waals surface area contributed by atoms with Crippen molar-refractivity contribution in [3.63, 3.8) is 0 Å². The monoisotopic (exact) mass is 1010 g/mol. The summed E-state index contributed by atoms with van der Waals surface area (Å²) in [6.07, 6.45) is 76.7. The highest BCUT2D eigenvalue weighted by atomic mass is 16.5. The minimum atomic E-state index is -0.842. The number of allylic oxidation sites excluding steroid dienone is 3. The van der Waals surface area contributed by atoms with Crippen molar-refractivity contribution in [1.29, 1.82) is 0 Å². The van der Waals surface area contributed by atoms with Crippen LogP contribution in [0.1, 0.15) is 361 Å². The van der Waals surface area contributed by atoms with Crippen LogP contribution < -0.4 is 5.32 Å². The van der Waals surface area contributed by atoms with Gasteiger partial charge >= 0.3 is 5.97 Å². The number of esters is 1. The molecule has 0 bridgehead atoms. The Hall–Kier alpha value is -1.66. The summed E-state index contributed by atoms with van der Waals surface area (Å²) in [6.45, 7) is 4.89. The fourth-order valence-corrected chi connectivity index (χ4v) is 10.2. The molecule has 72 heavy (non-hydrogen) atoms. The third-order valence-corrected chi connectivity index (χ3v) is 15.2. The van der Waals surface area contributed by atoms with Gasteiger partial charge < -0.3 is 20.3 Å². The first-order valence-corrected chi connectivity index (χ1v) is 32.6. The number of nitrogens with one attached hydrogen (secondary N) is 1. The van der Waals surface area contributed by atoms with Crippen LogP contribution in [0.3, 0.4) is 0 Å². The van der Waals surface area contributed by atoms with E-state index in [2.05, 4.69) is 31.3 Å². The third kappa shape index (κ3) is 57.6. The van der Waals surface area contributed by atoms with Crippen molar-refractivity contribution in [2.75, 3.05) is 13.2 Å². The predicted octanol–water partition coefficient (Wildman–Crippen LogP) is 20.6. The number of hydrogen-bond donors (Lipinski definition) is 3. The zero-order valence-corrected chi connectivity index (χ0v) is 48.7. The van der Waals surface area contributed by atoms with Gasteiger partial charge in [0.15, 0.2) is 0 Å². The first-order chi connectivity index (χ1) is 35.5. The van der Waals surface area contributed by atoms with E-state index < -0.39 is 12.1 Å². The largest absolute Gasteiger partial charge is 0.466 e. The molecule has 0 heterocycles. The van der Waals surface area contributed by atoms with E-state index in [1.54, 1.807) is 6.08 Å². The summed E-state index contributed by atoms with van der Waals surface area (Å²) in [5, 5.41) is 23.2. The van der Waals surface area contributed by atoms with Crippen LogP contribution in [0.15, 0.2) is 24.3 Å². The van der Waals surface area contributed by atoms with Crippen molar-refractivity contribution in [2.24, 2.45) is 0 Å². The number of aliphatic hydroxyl groups excluding tert-OH is 2. The van der Waals surface area contributed by atoms with Gasteiger partial charge in [-0.15, -0.1) is 0 Å². The van der Waals surface area contributed by atoms with Crippen LogP contribution in [-0.2, 0) is 14.3 Å². The second-order valence-electron chi connectivity index (χ2n) is 22.5. The molecule has 6 nitrogen and oxygen atoms in total. The van der Waals surface area contributed by atoms with Crippen molar-refractivity contribution in [1.82, 2.24) is 5.32 Å². The number of hydrogen-bond acceptors (Lipinski definition) is 5. The zero-order valence-electron chi connectivity index (χ0n) is 48.7. The van der Waals surface area contributed by atoms with Gasteiger partial charge in [-0.3, -0.25) is 9.59 Å². The molecular weight excluding hydrogens is 887 g/mol. The second-order valence-corrected chi connectivity index (χ2v) is 22.5. The zero-order chi connectivity index (χ0) is 52.2. The second kappa shape index (κ2) is 61.9. The molecule has 3 N–H and O–H groups in total. The van der Waals surface area contributed by atoms with Gasteiger partial charge in [-0.1, -0.05) is 321 Å². The number of ether oxygens (including phenoxy) is 1. The summed E-state index contributed by atoms with van der Waals surface area (Å²) in [5.41, 5.74) is 0. The van der Waals surface area contributed by atoms with Crippen LogP contribution in [0.25, 0.3) is 0 Å². The molecule has 0 aromatic rings. The van der Waals surface area contributed by atoms with E-state index >= 15 is 0 Å². The van der Waals surface area contributed by atoms with Gasteiger partial charge in [0.25, 0.3) is 0 Å². The summed E-state index contributed by atoms with van der Waals surface area (Å²) in [7, 11) is 0. The van der Waals surface area contributed by atoms with E-state index in [-0.39, 0.29) is 18.5 Å². The molecule has 0 aliphatic heterocycles. The van der Waals surface area contributed by atoms with Gasteiger partial charge in [0.1, 0.15) is 0 Å². The Kier molecular flexibility index (Phi) is 60.5. The van der Waals surface area contributed by atoms with Gasteiger partial charge in [-0.05, 0) is 51.4 Å². The van der Waals surface area contributed by atoms with Crippen molar-refractivity contribution in [3.05, 3.63) is 24.3 Å². The molecule has 0 aliphatic rings. The van der Waals surface area contributed by atoms with Crippen LogP contribution >= 0.6 is 0 Å². The van der Waals surface area contributed by atoms with Crippen LogP contribution in [-0.4, -0.2) is 47.4 Å². The van der Waals surface area contributed by atoms with Gasteiger partial charge in [-0.2, -0.15) is 0 Å². The molecule has 0 fully saturated rings. The molecule has 0 spiro atoms. The number of rotatable bonds is 61. The number of amides is 1. The Morgan fingerprint density at radius 1 is 0.375 bits per heavy atom. The normalized spacial score (nSPS) is 12.7. The van der Waals surface area contributed by atoms with Crippen LogP contribution in [0.2, 0.25) is 0 Å². The Balaban J connectivity index is 3.37. The lowest BCUT2D eigenvalue weighted by atomic mass is 10.0. The van der Waals surface area contributed by atoms with Crippen molar-refractivity contribution < 1.29 is 24.5 Å². The van der Waals surface area contributed by atoms with Crippen LogP contribution in [0.4, 0.5) is 0 Å². The first kappa shape index (κ1) is 70.3. The molecule has 0 rings (SSSR count). The lowest BCUT2D eigenvalue weighted by Crippen LogP contribution is -2.45. The standard InChI is InChI=1S/C66H127NO5/c1-3-5-7-9-11-13-15-16-17-29-32-35-39-42-46-50-54-58-64(69)63(62-68)67-65(70)59-55-51-47-43-40-36-33-30-27-25-23-21-19-18-20-22-24-26-28-31-34-37-41-45-49-53-57-61-72-66(71)60-56-52-48-44-38-14-12-10-8-6-4-2/h10,12,54,58,63-64,68-69H,3-9,11,13-53,55-57,59-62H2,1-2H3,(H,67,70)/b12-10-,58-54+. The molecule has 0 aromatic carbocycles. The Bertz CT molecular complexity index is 1120. The number of carbonyl (C=O) groups excluding carboxylic acids is 2. The maximum Gasteiger partial charge on any atom is 0.305 e. The lowest BCUT2D eigenvalue weighted by molar-refractivity contribution is -0.143. The summed E-state index contributed by atoms with van der Waals surface area (Å²) in [4.78, 5) is 24.5. The van der Waals surface area contributed by atoms with Gasteiger partial charge in [0, 0.05) is 12.8 Å². The summed E-state index contributed by atoms with van der Waals surface area (Å²) >= 11 is 0. The lowest BCUT2D eigenvalue weighted by Gasteiger charge is -2.20. The highest BCUT2D eigenvalue weighted by molar-refractivity contribution is 5.76. The first-order valence-electron chi connectivity index (χ1n) is 32.6. The molecular formula is C66H127NO5. The molecule has 0 saturated carbocycles. The summed E-state index contributed by atoms with van der Waals surface area (Å²) < 4.78 is 5.46. The summed E-state index contributed by atoms with van der Waals surface area (Å²) in [5.74, 6) is -0.0557. The minimum absolute atomic E-state index is 0.00687. The number of carbonyl (C=O) groups is 2. The fraction of sp³-hybridized carbons (Fsp3) is 0.909. The Morgan fingerprint density at radius 2 is 0.667 bits per heavy atom. The molecule has 2 atom stereocenters. The smallest absolute Gasteiger partial charge is 0.305 e. The topological polar surface area (TPSA) is 95.9 Å². The maximum absolute atomic E-state index is 12.5. The van der Waals surface area contributed by atoms with Crippen LogP contribution in [0.5, 0.6) is 0 Å². The van der Waals surface area contributed by atoms with E-state index in [1.807, 2.05) is 6.08 Å². The van der Waals surface area contributed by atoms with Gasteiger partial charge in [-0.25, -0.2) is 0 Å². The van der Waals surface area contributed by atoms with E-state index in [4.69, 9.17) is 4.74 Å². The highest BCUT2D eigenvalue weighted by Crippen LogP contribution is 2.18. The molecule has 0 radical (unpaired) electrons. The van der Waals surface area contributed by atoms with E-state index in [9.17, 15) is 19.8 Å². The molecule has 0 saturated heterocycles. The van der Waals surface area contributed by atoms with E-state index in [0.29, 0.717) is 19.4 Å². The SMILES string of the molecule is CCCC/C=C\CCCCCCCC(=O)OCCCCCCCCCCCCCCCCCCCCCCCCCCCCCC(=O)NC(CO)C(O)/C=C/CCCCCCCCCCCCCCCCC. The highest BCUT2D eigenvalue weighted by Gasteiger charge is 2.18. The minimum Gasteiger partial charge on any atom is -0.466 e. The van der Waals surface area contributed by atoms with Gasteiger partial charge in [0.2, 0.25) is 5.91 Å². The molecule has 6 heteroatoms. The molecule has 0 aromatic heterocycles. The third-order valence-electron chi connectivity index (χ3n) is 15.2. The quantitative estimate of drug-likeness (QED) is 0.0320. The molecule has 1 amide bonds. The number of unbranched alkanes of at least 4 members (excludes halogenated alkanes) is 48. The Morgan fingerprint density at radius 3 is 1.03 bits per heavy atom. The maximum atomic E-state index is 12.5. The van der Waals surface area contributed by atoms with Crippen LogP contribution in [0, 0.1) is 0 Å². The average Bonchev–Trinajstić information content (AvgIpc) is 3.38.